The van der Waals surface area contributed by atoms with Crippen LogP contribution in [0.5, 0.6) is 17.4 Å². The molecule has 0 bridgehead atoms. The molecule has 7 heteroatoms. The summed E-state index contributed by atoms with van der Waals surface area (Å²) in [6.07, 6.45) is 0. The van der Waals surface area contributed by atoms with Crippen LogP contribution in [0.4, 0.5) is 0 Å². The second kappa shape index (κ2) is 5.57. The van der Waals surface area contributed by atoms with Gasteiger partial charge in [0, 0.05) is 16.8 Å². The molecular formula is C16H16N4O3. The van der Waals surface area contributed by atoms with Crippen molar-refractivity contribution < 1.29 is 14.2 Å². The number of methoxy groups -OCH3 is 2. The number of nitrogens with one attached hydrogen (secondary N) is 1. The van der Waals surface area contributed by atoms with Crippen molar-refractivity contribution in [2.24, 2.45) is 5.73 Å². The summed E-state index contributed by atoms with van der Waals surface area (Å²) >= 11 is 0. The summed E-state index contributed by atoms with van der Waals surface area (Å²) in [6.45, 7) is 1.87. The SMILES string of the molecule is COc1ccc(OC)c([C@@H]2C(C#N)=C(N)Oc3n[nH]c(C)c32)c1. The minimum absolute atomic E-state index is 0.0429. The maximum atomic E-state index is 9.57. The normalized spacial score (nSPS) is 16.3. The van der Waals surface area contributed by atoms with Gasteiger partial charge in [-0.05, 0) is 25.1 Å². The molecule has 0 saturated heterocycles. The molecule has 118 valence electrons. The van der Waals surface area contributed by atoms with Crippen molar-refractivity contribution in [1.82, 2.24) is 10.2 Å². The minimum Gasteiger partial charge on any atom is -0.497 e. The number of ether oxygens (including phenoxy) is 3. The lowest BCUT2D eigenvalue weighted by atomic mass is 9.83. The van der Waals surface area contributed by atoms with Gasteiger partial charge in [-0.1, -0.05) is 0 Å². The summed E-state index contributed by atoms with van der Waals surface area (Å²) in [4.78, 5) is 0. The van der Waals surface area contributed by atoms with Crippen molar-refractivity contribution in [1.29, 1.82) is 5.26 Å². The zero-order valence-electron chi connectivity index (χ0n) is 13.0. The van der Waals surface area contributed by atoms with Gasteiger partial charge >= 0.3 is 0 Å². The van der Waals surface area contributed by atoms with Gasteiger partial charge in [0.05, 0.1) is 20.1 Å². The van der Waals surface area contributed by atoms with Gasteiger partial charge in [-0.2, -0.15) is 5.26 Å². The summed E-state index contributed by atoms with van der Waals surface area (Å²) < 4.78 is 16.2. The fraction of sp³-hybridized carbons (Fsp3) is 0.250. The number of aromatic nitrogens is 2. The zero-order chi connectivity index (χ0) is 16.6. The molecule has 0 unspecified atom stereocenters. The van der Waals surface area contributed by atoms with Gasteiger partial charge < -0.3 is 19.9 Å². The predicted molar refractivity (Wildman–Crippen MR) is 82.2 cm³/mol. The fourth-order valence-corrected chi connectivity index (χ4v) is 2.77. The summed E-state index contributed by atoms with van der Waals surface area (Å²) in [5, 5.41) is 16.5. The number of hydrogen-bond donors (Lipinski definition) is 2. The predicted octanol–water partition coefficient (Wildman–Crippen LogP) is 1.95. The van der Waals surface area contributed by atoms with Gasteiger partial charge in [0.1, 0.15) is 23.1 Å². The Hall–Kier alpha value is -3.14. The second-order valence-corrected chi connectivity index (χ2v) is 5.10. The lowest BCUT2D eigenvalue weighted by Crippen LogP contribution is -2.21. The number of H-pyrrole nitrogens is 1. The Labute approximate surface area is 133 Å². The van der Waals surface area contributed by atoms with E-state index >= 15 is 0 Å². The highest BCUT2D eigenvalue weighted by atomic mass is 16.5. The quantitative estimate of drug-likeness (QED) is 0.897. The third-order valence-electron chi connectivity index (χ3n) is 3.88. The van der Waals surface area contributed by atoms with Crippen molar-refractivity contribution in [2.75, 3.05) is 14.2 Å². The van der Waals surface area contributed by atoms with Gasteiger partial charge in [0.2, 0.25) is 11.8 Å². The Morgan fingerprint density at radius 3 is 2.78 bits per heavy atom. The van der Waals surface area contributed by atoms with E-state index in [0.29, 0.717) is 23.0 Å². The van der Waals surface area contributed by atoms with Crippen LogP contribution < -0.4 is 19.9 Å². The summed E-state index contributed by atoms with van der Waals surface area (Å²) in [7, 11) is 3.16. The van der Waals surface area contributed by atoms with Crippen LogP contribution in [-0.2, 0) is 0 Å². The molecule has 1 atom stereocenters. The van der Waals surface area contributed by atoms with Crippen LogP contribution in [0.2, 0.25) is 0 Å². The van der Waals surface area contributed by atoms with Crippen molar-refractivity contribution in [3.63, 3.8) is 0 Å². The van der Waals surface area contributed by atoms with Gasteiger partial charge in [0.15, 0.2) is 0 Å². The van der Waals surface area contributed by atoms with E-state index in [4.69, 9.17) is 19.9 Å². The zero-order valence-corrected chi connectivity index (χ0v) is 13.0. The number of hydrogen-bond acceptors (Lipinski definition) is 6. The molecular weight excluding hydrogens is 296 g/mol. The monoisotopic (exact) mass is 312 g/mol. The molecule has 1 aromatic carbocycles. The molecule has 23 heavy (non-hydrogen) atoms. The van der Waals surface area contributed by atoms with E-state index in [1.165, 1.54) is 0 Å². The lowest BCUT2D eigenvalue weighted by molar-refractivity contribution is 0.373. The first-order valence-electron chi connectivity index (χ1n) is 6.95. The Morgan fingerprint density at radius 2 is 2.13 bits per heavy atom. The van der Waals surface area contributed by atoms with Crippen molar-refractivity contribution in [3.05, 3.63) is 46.5 Å². The molecule has 0 saturated carbocycles. The highest BCUT2D eigenvalue weighted by Crippen LogP contribution is 2.46. The van der Waals surface area contributed by atoms with E-state index in [1.807, 2.05) is 13.0 Å². The van der Waals surface area contributed by atoms with Gasteiger partial charge in [-0.15, -0.1) is 5.10 Å². The number of nitrogens with zero attached hydrogens (tertiary/aromatic N) is 2. The standard InChI is InChI=1S/C16H16N4O3/c1-8-13-14(10-6-9(21-2)4-5-12(10)22-3)11(7-17)15(18)23-16(13)20-19-8/h4-6,14H,18H2,1-3H3,(H,19,20)/t14-/m1/s1. The number of benzene rings is 1. The molecule has 0 radical (unpaired) electrons. The van der Waals surface area contributed by atoms with Crippen LogP contribution in [0.3, 0.4) is 0 Å². The van der Waals surface area contributed by atoms with E-state index in [0.717, 1.165) is 16.8 Å². The Kier molecular flexibility index (Phi) is 3.58. The molecule has 2 aromatic rings. The molecule has 3 N–H and O–H groups in total. The Bertz CT molecular complexity index is 832. The molecule has 0 aliphatic carbocycles. The molecule has 7 nitrogen and oxygen atoms in total. The molecule has 0 spiro atoms. The molecule has 3 rings (SSSR count). The first kappa shape index (κ1) is 14.8. The number of aromatic amines is 1. The van der Waals surface area contributed by atoms with E-state index in [2.05, 4.69) is 16.3 Å². The number of aryl methyl sites for hydroxylation is 1. The van der Waals surface area contributed by atoms with E-state index in [-0.39, 0.29) is 5.88 Å². The number of nitriles is 1. The topological polar surface area (TPSA) is 106 Å². The summed E-state index contributed by atoms with van der Waals surface area (Å²) in [5.74, 6) is 1.26. The first-order chi connectivity index (χ1) is 11.1. The van der Waals surface area contributed by atoms with E-state index < -0.39 is 5.92 Å². The van der Waals surface area contributed by atoms with Crippen molar-refractivity contribution in [2.45, 2.75) is 12.8 Å². The highest BCUT2D eigenvalue weighted by Gasteiger charge is 2.36. The third-order valence-corrected chi connectivity index (χ3v) is 3.88. The van der Waals surface area contributed by atoms with E-state index in [1.54, 1.807) is 26.4 Å². The first-order valence-corrected chi connectivity index (χ1v) is 6.95. The molecule has 1 aliphatic heterocycles. The van der Waals surface area contributed by atoms with Crippen LogP contribution in [0.25, 0.3) is 0 Å². The molecule has 1 aromatic heterocycles. The number of rotatable bonds is 3. The van der Waals surface area contributed by atoms with Crippen LogP contribution in [0, 0.1) is 18.3 Å². The number of fused-ring (bicyclic) bond motifs is 1. The van der Waals surface area contributed by atoms with Crippen molar-refractivity contribution >= 4 is 0 Å². The number of allylic oxidation sites excluding steroid dienone is 1. The fourth-order valence-electron chi connectivity index (χ4n) is 2.77. The molecule has 2 heterocycles. The second-order valence-electron chi connectivity index (χ2n) is 5.10. The van der Waals surface area contributed by atoms with Gasteiger partial charge in [-0.3, -0.25) is 5.10 Å². The van der Waals surface area contributed by atoms with Crippen LogP contribution in [0.15, 0.2) is 29.7 Å². The van der Waals surface area contributed by atoms with Crippen LogP contribution in [-0.4, -0.2) is 24.4 Å². The smallest absolute Gasteiger partial charge is 0.244 e. The molecule has 1 aliphatic rings. The Balaban J connectivity index is 2.29. The summed E-state index contributed by atoms with van der Waals surface area (Å²) in [6, 6.07) is 7.56. The minimum atomic E-state index is -0.437. The lowest BCUT2D eigenvalue weighted by Gasteiger charge is -2.25. The molecule has 0 fully saturated rings. The maximum absolute atomic E-state index is 9.57. The van der Waals surface area contributed by atoms with Crippen LogP contribution in [0.1, 0.15) is 22.7 Å². The highest BCUT2D eigenvalue weighted by molar-refractivity contribution is 5.59. The average Bonchev–Trinajstić information content (AvgIpc) is 2.93. The average molecular weight is 312 g/mol. The summed E-state index contributed by atoms with van der Waals surface area (Å²) in [5.41, 5.74) is 8.56. The maximum Gasteiger partial charge on any atom is 0.244 e. The van der Waals surface area contributed by atoms with Crippen molar-refractivity contribution in [3.8, 4) is 23.4 Å². The van der Waals surface area contributed by atoms with E-state index in [9.17, 15) is 5.26 Å². The number of nitrogens with two attached hydrogens (primary N) is 1. The third kappa shape index (κ3) is 2.25. The Morgan fingerprint density at radius 1 is 1.35 bits per heavy atom. The van der Waals surface area contributed by atoms with Crippen LogP contribution >= 0.6 is 0 Å². The van der Waals surface area contributed by atoms with Gasteiger partial charge in [0.25, 0.3) is 0 Å². The van der Waals surface area contributed by atoms with Gasteiger partial charge in [-0.25, -0.2) is 0 Å². The molecule has 0 amide bonds. The largest absolute Gasteiger partial charge is 0.497 e.